The summed E-state index contributed by atoms with van der Waals surface area (Å²) in [5, 5.41) is 33.7. The third-order valence-electron chi connectivity index (χ3n) is 3.19. The van der Waals surface area contributed by atoms with Gasteiger partial charge in [0.2, 0.25) is 0 Å². The largest absolute Gasteiger partial charge is 0.465 e. The third-order valence-corrected chi connectivity index (χ3v) is 3.19. The van der Waals surface area contributed by atoms with Gasteiger partial charge in [-0.1, -0.05) is 0 Å². The van der Waals surface area contributed by atoms with Crippen LogP contribution in [0.15, 0.2) is 18.2 Å². The predicted molar refractivity (Wildman–Crippen MR) is 89.6 cm³/mol. The molecular formula is C16H22N2O8. The van der Waals surface area contributed by atoms with Gasteiger partial charge in [0, 0.05) is 12.6 Å². The summed E-state index contributed by atoms with van der Waals surface area (Å²) in [6.07, 6.45) is -4.01. The molecule has 1 amide bonds. The molecule has 1 aromatic carbocycles. The Morgan fingerprint density at radius 2 is 1.92 bits per heavy atom. The maximum atomic E-state index is 11.6. The Morgan fingerprint density at radius 1 is 1.31 bits per heavy atom. The molecule has 0 aliphatic rings. The van der Waals surface area contributed by atoms with Crippen molar-refractivity contribution >= 4 is 17.7 Å². The second kappa shape index (κ2) is 8.59. The molecular weight excluding hydrogens is 348 g/mol. The molecule has 0 saturated heterocycles. The zero-order chi connectivity index (χ0) is 20.1. The molecule has 0 aromatic heterocycles. The zero-order valence-corrected chi connectivity index (χ0v) is 14.9. The van der Waals surface area contributed by atoms with Crippen molar-refractivity contribution in [2.75, 3.05) is 13.7 Å². The van der Waals surface area contributed by atoms with Gasteiger partial charge in [-0.25, -0.2) is 9.59 Å². The number of benzene rings is 1. The lowest BCUT2D eigenvalue weighted by Crippen LogP contribution is -2.39. The van der Waals surface area contributed by atoms with Crippen molar-refractivity contribution in [1.29, 1.82) is 0 Å². The highest BCUT2D eigenvalue weighted by atomic mass is 16.6. The lowest BCUT2D eigenvalue weighted by molar-refractivity contribution is -0.386. The van der Waals surface area contributed by atoms with Gasteiger partial charge in [0.1, 0.15) is 17.8 Å². The molecule has 0 saturated carbocycles. The van der Waals surface area contributed by atoms with Gasteiger partial charge in [-0.05, 0) is 32.9 Å². The minimum atomic E-state index is -1.67. The number of esters is 1. The van der Waals surface area contributed by atoms with E-state index in [4.69, 9.17) is 4.74 Å². The molecule has 2 unspecified atom stereocenters. The molecule has 0 radical (unpaired) electrons. The van der Waals surface area contributed by atoms with Crippen LogP contribution in [0, 0.1) is 10.1 Å². The first kappa shape index (κ1) is 21.3. The normalized spacial score (nSPS) is 13.5. The van der Waals surface area contributed by atoms with Gasteiger partial charge >= 0.3 is 12.1 Å². The highest BCUT2D eigenvalue weighted by Crippen LogP contribution is 2.28. The minimum absolute atomic E-state index is 0.0727. The maximum absolute atomic E-state index is 11.6. The number of nitrogens with one attached hydrogen (secondary N) is 1. The van der Waals surface area contributed by atoms with Crippen LogP contribution >= 0.6 is 0 Å². The molecule has 26 heavy (non-hydrogen) atoms. The summed E-state index contributed by atoms with van der Waals surface area (Å²) in [6.45, 7) is 4.57. The smallest absolute Gasteiger partial charge is 0.407 e. The molecule has 0 aliphatic heterocycles. The molecule has 3 N–H and O–H groups in total. The number of aliphatic hydroxyl groups excluding tert-OH is 2. The van der Waals surface area contributed by atoms with E-state index in [1.54, 1.807) is 20.8 Å². The maximum Gasteiger partial charge on any atom is 0.407 e. The van der Waals surface area contributed by atoms with E-state index in [9.17, 15) is 29.9 Å². The number of nitro groups is 1. The zero-order valence-electron chi connectivity index (χ0n) is 14.9. The molecule has 0 aliphatic carbocycles. The van der Waals surface area contributed by atoms with Gasteiger partial charge in [-0.3, -0.25) is 10.1 Å². The molecule has 1 rings (SSSR count). The van der Waals surface area contributed by atoms with Crippen LogP contribution in [0.25, 0.3) is 0 Å². The van der Waals surface area contributed by atoms with Crippen LogP contribution < -0.4 is 5.32 Å². The number of amides is 1. The first-order valence-corrected chi connectivity index (χ1v) is 7.66. The van der Waals surface area contributed by atoms with E-state index in [1.165, 1.54) is 6.07 Å². The summed E-state index contributed by atoms with van der Waals surface area (Å²) in [7, 11) is 1.13. The Bertz CT molecular complexity index is 683. The summed E-state index contributed by atoms with van der Waals surface area (Å²) in [5.41, 5.74) is -1.58. The standard InChI is InChI=1S/C16H22N2O8/c1-16(2,3)26-15(22)17-8-12(19)13(20)10-6-5-9(14(21)25-4)7-11(10)18(23)24/h5-7,12-13,19-20H,8H2,1-4H3,(H,17,22). The van der Waals surface area contributed by atoms with E-state index >= 15 is 0 Å². The molecule has 10 heteroatoms. The molecule has 2 atom stereocenters. The molecule has 144 valence electrons. The van der Waals surface area contributed by atoms with Crippen molar-refractivity contribution < 1.29 is 34.2 Å². The number of hydrogen-bond donors (Lipinski definition) is 3. The van der Waals surface area contributed by atoms with Crippen LogP contribution in [-0.2, 0) is 9.47 Å². The van der Waals surface area contributed by atoms with Gasteiger partial charge in [-0.15, -0.1) is 0 Å². The van der Waals surface area contributed by atoms with Crippen molar-refractivity contribution in [3.05, 3.63) is 39.4 Å². The Morgan fingerprint density at radius 3 is 2.42 bits per heavy atom. The van der Waals surface area contributed by atoms with Crippen molar-refractivity contribution in [2.24, 2.45) is 0 Å². The summed E-state index contributed by atoms with van der Waals surface area (Å²) >= 11 is 0. The third kappa shape index (κ3) is 5.97. The predicted octanol–water partition coefficient (Wildman–Crippen LogP) is 1.30. The van der Waals surface area contributed by atoms with Crippen molar-refractivity contribution in [3.8, 4) is 0 Å². The summed E-state index contributed by atoms with van der Waals surface area (Å²) in [4.78, 5) is 33.5. The highest BCUT2D eigenvalue weighted by molar-refractivity contribution is 5.90. The number of alkyl carbamates (subject to hydrolysis) is 1. The van der Waals surface area contributed by atoms with Gasteiger partial charge in [0.15, 0.2) is 0 Å². The van der Waals surface area contributed by atoms with Crippen LogP contribution in [0.5, 0.6) is 0 Å². The number of ether oxygens (including phenoxy) is 2. The van der Waals surface area contributed by atoms with Gasteiger partial charge in [-0.2, -0.15) is 0 Å². The molecule has 1 aromatic rings. The lowest BCUT2D eigenvalue weighted by atomic mass is 10.0. The van der Waals surface area contributed by atoms with Crippen molar-refractivity contribution in [1.82, 2.24) is 5.32 Å². The number of nitro benzene ring substituents is 1. The topological polar surface area (TPSA) is 148 Å². The fourth-order valence-electron chi connectivity index (χ4n) is 2.02. The van der Waals surface area contributed by atoms with Crippen molar-refractivity contribution in [2.45, 2.75) is 38.6 Å². The second-order valence-electron chi connectivity index (χ2n) is 6.42. The number of hydrogen-bond acceptors (Lipinski definition) is 8. The van der Waals surface area contributed by atoms with E-state index in [0.29, 0.717) is 0 Å². The number of methoxy groups -OCH3 is 1. The Labute approximate surface area is 149 Å². The van der Waals surface area contributed by atoms with E-state index in [2.05, 4.69) is 10.1 Å². The van der Waals surface area contributed by atoms with Gasteiger partial charge in [0.25, 0.3) is 5.69 Å². The molecule has 0 heterocycles. The number of aliphatic hydroxyl groups is 2. The number of carbonyl (C=O) groups excluding carboxylic acids is 2. The highest BCUT2D eigenvalue weighted by Gasteiger charge is 2.28. The summed E-state index contributed by atoms with van der Waals surface area (Å²) in [5.74, 6) is -0.777. The second-order valence-corrected chi connectivity index (χ2v) is 6.42. The molecule has 0 bridgehead atoms. The van der Waals surface area contributed by atoms with Gasteiger partial charge < -0.3 is 25.0 Å². The molecule has 0 spiro atoms. The van der Waals surface area contributed by atoms with Crippen LogP contribution in [0.2, 0.25) is 0 Å². The fraction of sp³-hybridized carbons (Fsp3) is 0.500. The number of rotatable bonds is 6. The van der Waals surface area contributed by atoms with E-state index in [-0.39, 0.29) is 11.1 Å². The first-order chi connectivity index (χ1) is 12.0. The SMILES string of the molecule is COC(=O)c1ccc(C(O)C(O)CNC(=O)OC(C)(C)C)c([N+](=O)[O-])c1. The van der Waals surface area contributed by atoms with Crippen LogP contribution in [0.4, 0.5) is 10.5 Å². The van der Waals surface area contributed by atoms with Crippen LogP contribution in [-0.4, -0.2) is 52.6 Å². The number of nitrogens with zero attached hydrogens (tertiary/aromatic N) is 1. The van der Waals surface area contributed by atoms with Crippen molar-refractivity contribution in [3.63, 3.8) is 0 Å². The monoisotopic (exact) mass is 370 g/mol. The van der Waals surface area contributed by atoms with E-state index in [0.717, 1.165) is 19.2 Å². The van der Waals surface area contributed by atoms with Gasteiger partial charge in [0.05, 0.1) is 23.2 Å². The summed E-state index contributed by atoms with van der Waals surface area (Å²) in [6, 6.07) is 3.32. The Kier molecular flexibility index (Phi) is 7.04. The molecule has 10 nitrogen and oxygen atoms in total. The minimum Gasteiger partial charge on any atom is -0.465 e. The Balaban J connectivity index is 2.91. The average Bonchev–Trinajstić information content (AvgIpc) is 2.56. The van der Waals surface area contributed by atoms with E-state index < -0.39 is 47.0 Å². The fourth-order valence-corrected chi connectivity index (χ4v) is 2.02. The first-order valence-electron chi connectivity index (χ1n) is 7.66. The van der Waals surface area contributed by atoms with Crippen LogP contribution in [0.1, 0.15) is 42.8 Å². The molecule has 0 fully saturated rings. The van der Waals surface area contributed by atoms with E-state index in [1.807, 2.05) is 0 Å². The lowest BCUT2D eigenvalue weighted by Gasteiger charge is -2.22. The average molecular weight is 370 g/mol. The number of carbonyl (C=O) groups is 2. The quantitative estimate of drug-likeness (QED) is 0.385. The van der Waals surface area contributed by atoms with Crippen LogP contribution in [0.3, 0.4) is 0 Å². The Hall–Kier alpha value is -2.72. The summed E-state index contributed by atoms with van der Waals surface area (Å²) < 4.78 is 9.48.